The third kappa shape index (κ3) is 4.49. The summed E-state index contributed by atoms with van der Waals surface area (Å²) in [7, 11) is -17.6. The number of hydrogen-bond acceptors (Lipinski definition) is 4. The van der Waals surface area contributed by atoms with Crippen molar-refractivity contribution >= 4 is 36.6 Å². The molecule has 16 heteroatoms. The van der Waals surface area contributed by atoms with Gasteiger partial charge in [0.25, 0.3) is 0 Å². The lowest BCUT2D eigenvalue weighted by atomic mass is 10.4. The van der Waals surface area contributed by atoms with E-state index in [-0.39, 0.29) is 0 Å². The number of nitrogens with zero attached hydrogens (tertiary/aromatic N) is 3. The minimum atomic E-state index is -6.43. The molecule has 0 fully saturated rings. The van der Waals surface area contributed by atoms with Crippen molar-refractivity contribution in [2.45, 2.75) is 15.9 Å². The van der Waals surface area contributed by atoms with Gasteiger partial charge in [0, 0.05) is 6.72 Å². The maximum absolute atomic E-state index is 12.5. The molecule has 0 saturated heterocycles. The van der Waals surface area contributed by atoms with Crippen molar-refractivity contribution in [1.82, 2.24) is 0 Å². The minimum absolute atomic E-state index is 0.717. The van der Waals surface area contributed by atoms with Crippen LogP contribution >= 0.6 is 0 Å². The van der Waals surface area contributed by atoms with Crippen molar-refractivity contribution in [1.29, 1.82) is 0 Å². The van der Waals surface area contributed by atoms with E-state index in [0.29, 0.717) is 0 Å². The molecule has 0 N–H and O–H groups in total. The summed E-state index contributed by atoms with van der Waals surface area (Å²) in [5, 5.41) is 0. The van der Waals surface area contributed by atoms with E-state index in [1.807, 2.05) is 0 Å². The number of alkyl halides is 6. The fourth-order valence-electron chi connectivity index (χ4n) is 1.18. The lowest BCUT2D eigenvalue weighted by Gasteiger charge is -2.13. The quantitative estimate of drug-likeness (QED) is 0.540. The molecule has 0 aliphatic carbocycles. The van der Waals surface area contributed by atoms with E-state index in [1.54, 1.807) is 0 Å². The fraction of sp³-hybridized carbons (Fsp3) is 0.222. The van der Waals surface area contributed by atoms with Gasteiger partial charge < -0.3 is 0 Å². The van der Waals surface area contributed by atoms with Gasteiger partial charge >= 0.3 is 31.1 Å². The van der Waals surface area contributed by atoms with Crippen LogP contribution in [0.5, 0.6) is 0 Å². The van der Waals surface area contributed by atoms with E-state index in [9.17, 15) is 43.2 Å². The van der Waals surface area contributed by atoms with Crippen LogP contribution < -0.4 is 0 Å². The summed E-state index contributed by atoms with van der Waals surface area (Å²) in [4.78, 5) is -0.717. The smallest absolute Gasteiger partial charge is 0.208 e. The van der Waals surface area contributed by atoms with Gasteiger partial charge in [-0.1, -0.05) is 25.7 Å². The molecule has 0 radical (unpaired) electrons. The van der Waals surface area contributed by atoms with Crippen LogP contribution in [0.1, 0.15) is 0 Å². The number of hydrogen-bond donors (Lipinski definition) is 0. The van der Waals surface area contributed by atoms with Crippen molar-refractivity contribution in [3.8, 4) is 0 Å². The Labute approximate surface area is 138 Å². The van der Waals surface area contributed by atoms with Crippen molar-refractivity contribution < 1.29 is 43.2 Å². The monoisotopic (exact) mass is 431 g/mol. The van der Waals surface area contributed by atoms with Gasteiger partial charge in [0.15, 0.2) is 0 Å². The Hall–Kier alpha value is -1.68. The standard InChI is InChI=1S/C9H7F6N3O4S3/c1-16-23(7-5-3-2-4-6-7,17-24(19,20)8(10,11)12)18-25(21,22)9(13,14)15/h2-6H,1H2. The zero-order chi connectivity index (χ0) is 19.7. The molecule has 0 saturated carbocycles. The first kappa shape index (κ1) is 21.4. The molecule has 0 bridgehead atoms. The summed E-state index contributed by atoms with van der Waals surface area (Å²) in [6, 6.07) is 5.05. The Bertz CT molecular complexity index is 931. The van der Waals surface area contributed by atoms with E-state index in [1.165, 1.54) is 6.07 Å². The highest BCUT2D eigenvalue weighted by molar-refractivity contribution is 8.08. The zero-order valence-corrected chi connectivity index (χ0v) is 14.0. The lowest BCUT2D eigenvalue weighted by molar-refractivity contribution is -0.0439. The highest BCUT2D eigenvalue weighted by Crippen LogP contribution is 2.33. The molecule has 25 heavy (non-hydrogen) atoms. The number of benzene rings is 1. The molecule has 7 nitrogen and oxygen atoms in total. The number of rotatable bonds is 4. The Kier molecular flexibility index (Phi) is 5.61. The maximum atomic E-state index is 12.5. The molecule has 1 rings (SSSR count). The van der Waals surface area contributed by atoms with Crippen molar-refractivity contribution in [2.24, 2.45) is 11.9 Å². The van der Waals surface area contributed by atoms with Crippen LogP contribution in [0.4, 0.5) is 26.3 Å². The van der Waals surface area contributed by atoms with E-state index < -0.39 is 45.8 Å². The summed E-state index contributed by atoms with van der Waals surface area (Å²) in [6.45, 7) is 2.68. The van der Waals surface area contributed by atoms with Crippen molar-refractivity contribution in [3.05, 3.63) is 30.3 Å². The highest BCUT2D eigenvalue weighted by Gasteiger charge is 2.49. The molecule has 0 aromatic heterocycles. The van der Waals surface area contributed by atoms with Gasteiger partial charge in [0.1, 0.15) is 9.81 Å². The summed E-state index contributed by atoms with van der Waals surface area (Å²) in [5.74, 6) is 0. The molecule has 0 aliphatic heterocycles. The van der Waals surface area contributed by atoms with E-state index in [4.69, 9.17) is 0 Å². The molecule has 142 valence electrons. The topological polar surface area (TPSA) is 105 Å². The van der Waals surface area contributed by atoms with Crippen LogP contribution in [0.15, 0.2) is 47.2 Å². The van der Waals surface area contributed by atoms with Crippen LogP contribution in [0.25, 0.3) is 0 Å². The third-order valence-electron chi connectivity index (χ3n) is 2.23. The predicted octanol–water partition coefficient (Wildman–Crippen LogP) is 2.88. The third-order valence-corrected chi connectivity index (χ3v) is 7.90. The van der Waals surface area contributed by atoms with Gasteiger partial charge in [-0.15, -0.1) is 0 Å². The Morgan fingerprint density at radius 1 is 0.760 bits per heavy atom. The van der Waals surface area contributed by atoms with Crippen LogP contribution in [0.2, 0.25) is 0 Å². The van der Waals surface area contributed by atoms with E-state index in [0.717, 1.165) is 24.3 Å². The Balaban J connectivity index is 4.13. The van der Waals surface area contributed by atoms with Gasteiger partial charge in [-0.2, -0.15) is 43.2 Å². The second kappa shape index (κ2) is 6.56. The van der Waals surface area contributed by atoms with Crippen LogP contribution in [0, 0.1) is 0 Å². The number of sulfonamides is 2. The molecule has 0 amide bonds. The summed E-state index contributed by atoms with van der Waals surface area (Å²) in [5.41, 5.74) is -12.0. The van der Waals surface area contributed by atoms with Gasteiger partial charge in [-0.3, -0.25) is 0 Å². The Morgan fingerprint density at radius 2 is 1.12 bits per heavy atom. The molecule has 0 unspecified atom stereocenters. The fourth-order valence-corrected chi connectivity index (χ4v) is 6.14. The Morgan fingerprint density at radius 3 is 1.40 bits per heavy atom. The van der Waals surface area contributed by atoms with Crippen molar-refractivity contribution in [3.63, 3.8) is 0 Å². The largest absolute Gasteiger partial charge is 0.519 e. The maximum Gasteiger partial charge on any atom is 0.519 e. The van der Waals surface area contributed by atoms with Gasteiger partial charge in [0.2, 0.25) is 0 Å². The molecule has 0 heterocycles. The summed E-state index contributed by atoms with van der Waals surface area (Å²) in [6.07, 6.45) is 0. The molecule has 0 atom stereocenters. The summed E-state index contributed by atoms with van der Waals surface area (Å²) < 4.78 is 128. The first-order valence-corrected chi connectivity index (χ1v) is 9.94. The first-order valence-electron chi connectivity index (χ1n) is 5.55. The molecule has 0 aliphatic rings. The first-order chi connectivity index (χ1) is 11.1. The lowest BCUT2D eigenvalue weighted by Crippen LogP contribution is -2.24. The second-order valence-electron chi connectivity index (χ2n) is 3.95. The SMILES string of the molecule is C=NS(=NS(=O)(=O)C(F)(F)F)(=NS(=O)(=O)C(F)(F)F)c1ccccc1. The summed E-state index contributed by atoms with van der Waals surface area (Å²) >= 11 is 0. The highest BCUT2D eigenvalue weighted by atomic mass is 32.3. The van der Waals surface area contributed by atoms with E-state index in [2.05, 4.69) is 18.7 Å². The van der Waals surface area contributed by atoms with E-state index >= 15 is 0 Å². The molecule has 1 aromatic carbocycles. The minimum Gasteiger partial charge on any atom is -0.208 e. The predicted molar refractivity (Wildman–Crippen MR) is 76.4 cm³/mol. The van der Waals surface area contributed by atoms with Gasteiger partial charge in [0.05, 0.1) is 4.90 Å². The molecule has 1 aromatic rings. The number of halogens is 6. The zero-order valence-electron chi connectivity index (χ0n) is 11.6. The average molecular weight is 431 g/mol. The van der Waals surface area contributed by atoms with Crippen molar-refractivity contribution in [2.75, 3.05) is 0 Å². The van der Waals surface area contributed by atoms with Crippen LogP contribution in [-0.2, 0) is 29.9 Å². The normalized spacial score (nSPS) is 14.0. The molecule has 0 spiro atoms. The molecular formula is C9H7F6N3O4S3. The van der Waals surface area contributed by atoms with Crippen LogP contribution in [0.3, 0.4) is 0 Å². The van der Waals surface area contributed by atoms with Crippen LogP contribution in [-0.4, -0.2) is 34.6 Å². The van der Waals surface area contributed by atoms with Gasteiger partial charge in [-0.05, 0) is 12.1 Å². The molecular weight excluding hydrogens is 424 g/mol. The average Bonchev–Trinajstić information content (AvgIpc) is 2.44. The van der Waals surface area contributed by atoms with Gasteiger partial charge in [-0.25, -0.2) is 4.40 Å². The second-order valence-corrected chi connectivity index (χ2v) is 9.74.